The highest BCUT2D eigenvalue weighted by molar-refractivity contribution is 7.99. The lowest BCUT2D eigenvalue weighted by molar-refractivity contribution is 0.795. The van der Waals surface area contributed by atoms with Crippen LogP contribution in [0.25, 0.3) is 0 Å². The minimum absolute atomic E-state index is 1.06. The van der Waals surface area contributed by atoms with Crippen LogP contribution in [-0.4, -0.2) is 18.1 Å². The van der Waals surface area contributed by atoms with E-state index in [0.29, 0.717) is 0 Å². The van der Waals surface area contributed by atoms with Crippen LogP contribution in [0.4, 0.5) is 5.69 Å². The first-order chi connectivity index (χ1) is 7.86. The Kier molecular flexibility index (Phi) is 7.15. The van der Waals surface area contributed by atoms with Gasteiger partial charge in [0.25, 0.3) is 0 Å². The number of hydrogen-bond donors (Lipinski definition) is 1. The van der Waals surface area contributed by atoms with Gasteiger partial charge < -0.3 is 5.32 Å². The predicted molar refractivity (Wildman–Crippen MR) is 76.5 cm³/mol. The van der Waals surface area contributed by atoms with E-state index in [9.17, 15) is 0 Å². The summed E-state index contributed by atoms with van der Waals surface area (Å²) in [5, 5.41) is 3.44. The average molecular weight is 237 g/mol. The molecule has 0 spiro atoms. The minimum Gasteiger partial charge on any atom is -0.384 e. The van der Waals surface area contributed by atoms with Gasteiger partial charge in [0.1, 0.15) is 0 Å². The van der Waals surface area contributed by atoms with Crippen LogP contribution in [0.3, 0.4) is 0 Å². The van der Waals surface area contributed by atoms with Gasteiger partial charge in [-0.15, -0.1) is 0 Å². The van der Waals surface area contributed by atoms with Gasteiger partial charge in [-0.1, -0.05) is 32.4 Å². The molecule has 1 nitrogen and oxygen atoms in total. The molecule has 1 rings (SSSR count). The van der Waals surface area contributed by atoms with Crippen LogP contribution in [0.1, 0.15) is 32.3 Å². The maximum Gasteiger partial charge on any atom is 0.0340 e. The van der Waals surface area contributed by atoms with Gasteiger partial charge in [-0.05, 0) is 36.3 Å². The normalized spacial score (nSPS) is 10.4. The molecule has 0 radical (unpaired) electrons. The second-order valence-corrected chi connectivity index (χ2v) is 5.32. The highest BCUT2D eigenvalue weighted by atomic mass is 32.2. The van der Waals surface area contributed by atoms with Crippen LogP contribution in [0.2, 0.25) is 0 Å². The highest BCUT2D eigenvalue weighted by Gasteiger charge is 1.94. The predicted octanol–water partition coefficient (Wildman–Crippen LogP) is 4.19. The molecule has 16 heavy (non-hydrogen) atoms. The van der Waals surface area contributed by atoms with Crippen molar-refractivity contribution in [3.63, 3.8) is 0 Å². The van der Waals surface area contributed by atoms with E-state index in [1.807, 2.05) is 11.8 Å². The Balaban J connectivity index is 2.27. The first-order valence-corrected chi connectivity index (χ1v) is 7.42. The highest BCUT2D eigenvalue weighted by Crippen LogP contribution is 2.11. The van der Waals surface area contributed by atoms with Crippen LogP contribution in [0.15, 0.2) is 24.3 Å². The summed E-state index contributed by atoms with van der Waals surface area (Å²) in [7, 11) is 0. The SMILES string of the molecule is CCCCc1ccc(NCCSCC)cc1. The molecule has 2 heteroatoms. The Labute approximate surface area is 104 Å². The van der Waals surface area contributed by atoms with E-state index in [2.05, 4.69) is 43.4 Å². The van der Waals surface area contributed by atoms with E-state index >= 15 is 0 Å². The smallest absolute Gasteiger partial charge is 0.0340 e. The summed E-state index contributed by atoms with van der Waals surface area (Å²) in [6, 6.07) is 8.87. The summed E-state index contributed by atoms with van der Waals surface area (Å²) in [5.41, 5.74) is 2.70. The fourth-order valence-corrected chi connectivity index (χ4v) is 2.12. The van der Waals surface area contributed by atoms with Crippen molar-refractivity contribution >= 4 is 17.4 Å². The molecule has 0 fully saturated rings. The van der Waals surface area contributed by atoms with E-state index in [1.54, 1.807) is 0 Å². The molecule has 0 amide bonds. The number of benzene rings is 1. The molecule has 0 aliphatic heterocycles. The zero-order valence-electron chi connectivity index (χ0n) is 10.5. The number of thioether (sulfide) groups is 1. The van der Waals surface area contributed by atoms with Gasteiger partial charge in [0, 0.05) is 18.0 Å². The van der Waals surface area contributed by atoms with Crippen molar-refractivity contribution in [2.45, 2.75) is 33.1 Å². The summed E-state index contributed by atoms with van der Waals surface area (Å²) in [4.78, 5) is 0. The zero-order valence-corrected chi connectivity index (χ0v) is 11.3. The molecular weight excluding hydrogens is 214 g/mol. The van der Waals surface area contributed by atoms with Crippen molar-refractivity contribution < 1.29 is 0 Å². The van der Waals surface area contributed by atoms with E-state index in [1.165, 1.54) is 42.0 Å². The van der Waals surface area contributed by atoms with Crippen molar-refractivity contribution in [3.8, 4) is 0 Å². The van der Waals surface area contributed by atoms with Crippen LogP contribution in [-0.2, 0) is 6.42 Å². The molecule has 1 N–H and O–H groups in total. The van der Waals surface area contributed by atoms with Crippen molar-refractivity contribution in [3.05, 3.63) is 29.8 Å². The molecule has 0 saturated carbocycles. The maximum absolute atomic E-state index is 3.44. The Morgan fingerprint density at radius 2 is 1.88 bits per heavy atom. The number of anilines is 1. The second-order valence-electron chi connectivity index (χ2n) is 3.92. The third-order valence-electron chi connectivity index (χ3n) is 2.55. The van der Waals surface area contributed by atoms with Crippen LogP contribution < -0.4 is 5.32 Å². The molecule has 0 bridgehead atoms. The topological polar surface area (TPSA) is 12.0 Å². The van der Waals surface area contributed by atoms with Crippen LogP contribution >= 0.6 is 11.8 Å². The lowest BCUT2D eigenvalue weighted by Gasteiger charge is -2.06. The second kappa shape index (κ2) is 8.51. The Morgan fingerprint density at radius 1 is 1.12 bits per heavy atom. The lowest BCUT2D eigenvalue weighted by atomic mass is 10.1. The zero-order chi connectivity index (χ0) is 11.6. The molecule has 1 aromatic carbocycles. The number of rotatable bonds is 8. The van der Waals surface area contributed by atoms with E-state index in [0.717, 1.165) is 6.54 Å². The monoisotopic (exact) mass is 237 g/mol. The summed E-state index contributed by atoms with van der Waals surface area (Å²) in [5.74, 6) is 2.39. The standard InChI is InChI=1S/C14H23NS/c1-3-5-6-13-7-9-14(10-8-13)15-11-12-16-4-2/h7-10,15H,3-6,11-12H2,1-2H3. The number of nitrogens with one attached hydrogen (secondary N) is 1. The first-order valence-electron chi connectivity index (χ1n) is 6.27. The summed E-state index contributed by atoms with van der Waals surface area (Å²) < 4.78 is 0. The minimum atomic E-state index is 1.06. The van der Waals surface area contributed by atoms with Crippen molar-refractivity contribution in [1.29, 1.82) is 0 Å². The van der Waals surface area contributed by atoms with Crippen molar-refractivity contribution in [2.75, 3.05) is 23.4 Å². The van der Waals surface area contributed by atoms with Gasteiger partial charge in [-0.25, -0.2) is 0 Å². The van der Waals surface area contributed by atoms with Crippen LogP contribution in [0, 0.1) is 0 Å². The average Bonchev–Trinajstić information content (AvgIpc) is 2.33. The van der Waals surface area contributed by atoms with Gasteiger partial charge in [0.05, 0.1) is 0 Å². The summed E-state index contributed by atoms with van der Waals surface area (Å²) >= 11 is 1.98. The van der Waals surface area contributed by atoms with Gasteiger partial charge in [-0.2, -0.15) is 11.8 Å². The van der Waals surface area contributed by atoms with Crippen molar-refractivity contribution in [2.24, 2.45) is 0 Å². The van der Waals surface area contributed by atoms with Gasteiger partial charge in [-0.3, -0.25) is 0 Å². The number of hydrogen-bond acceptors (Lipinski definition) is 2. The van der Waals surface area contributed by atoms with Crippen LogP contribution in [0.5, 0.6) is 0 Å². The Hall–Kier alpha value is -0.630. The number of aryl methyl sites for hydroxylation is 1. The largest absolute Gasteiger partial charge is 0.384 e. The van der Waals surface area contributed by atoms with E-state index in [4.69, 9.17) is 0 Å². The molecule has 0 aliphatic carbocycles. The fraction of sp³-hybridized carbons (Fsp3) is 0.571. The van der Waals surface area contributed by atoms with Crippen molar-refractivity contribution in [1.82, 2.24) is 0 Å². The van der Waals surface area contributed by atoms with Gasteiger partial charge >= 0.3 is 0 Å². The Bertz CT molecular complexity index is 269. The third kappa shape index (κ3) is 5.45. The van der Waals surface area contributed by atoms with Gasteiger partial charge in [0.2, 0.25) is 0 Å². The molecule has 1 aromatic rings. The van der Waals surface area contributed by atoms with E-state index < -0.39 is 0 Å². The molecule has 0 atom stereocenters. The molecule has 0 aliphatic rings. The Morgan fingerprint density at radius 3 is 2.50 bits per heavy atom. The maximum atomic E-state index is 3.44. The van der Waals surface area contributed by atoms with Gasteiger partial charge in [0.15, 0.2) is 0 Å². The first kappa shape index (κ1) is 13.4. The molecule has 0 saturated heterocycles. The molecule has 0 aromatic heterocycles. The third-order valence-corrected chi connectivity index (χ3v) is 3.45. The quantitative estimate of drug-likeness (QED) is 0.680. The molecule has 90 valence electrons. The molecular formula is C14H23NS. The summed E-state index contributed by atoms with van der Waals surface area (Å²) in [6.07, 6.45) is 3.77. The fourth-order valence-electron chi connectivity index (χ4n) is 1.58. The molecule has 0 heterocycles. The van der Waals surface area contributed by atoms with E-state index in [-0.39, 0.29) is 0 Å². The molecule has 0 unspecified atom stereocenters. The lowest BCUT2D eigenvalue weighted by Crippen LogP contribution is -2.04. The number of unbranched alkanes of at least 4 members (excludes halogenated alkanes) is 1. The summed E-state index contributed by atoms with van der Waals surface area (Å²) in [6.45, 7) is 5.50.